The molecule has 0 aromatic carbocycles. The van der Waals surface area contributed by atoms with Gasteiger partial charge < -0.3 is 15.4 Å². The second-order valence-corrected chi connectivity index (χ2v) is 13.5. The van der Waals surface area contributed by atoms with Crippen LogP contribution in [0.2, 0.25) is 0 Å². The fourth-order valence-corrected chi connectivity index (χ4v) is 6.58. The van der Waals surface area contributed by atoms with Gasteiger partial charge in [0, 0.05) is 31.2 Å². The van der Waals surface area contributed by atoms with Crippen LogP contribution in [-0.2, 0) is 33.5 Å². The molecule has 3 fully saturated rings. The van der Waals surface area contributed by atoms with Crippen LogP contribution in [0.4, 0.5) is 0 Å². The van der Waals surface area contributed by atoms with E-state index in [0.29, 0.717) is 18.9 Å². The van der Waals surface area contributed by atoms with E-state index < -0.39 is 41.1 Å². The number of fused-ring (bicyclic) bond motifs is 1. The Bertz CT molecular complexity index is 1070. The van der Waals surface area contributed by atoms with Crippen LogP contribution in [0, 0.1) is 35.0 Å². The average molecular weight is 559 g/mol. The number of carbonyl (C=O) groups excluding carboxylic acids is 6. The van der Waals surface area contributed by atoms with Crippen molar-refractivity contribution in [3.8, 4) is 0 Å². The van der Waals surface area contributed by atoms with Gasteiger partial charge in [-0.2, -0.15) is 0 Å². The molecular weight excluding hydrogens is 512 g/mol. The number of likely N-dealkylation sites (tertiary alicyclic amines) is 1. The SMILES string of the molecule is C/C=C/C(=O)CC[C@H](CC(=O)OC(C)(C)C)C(=O)N1CC2[C@@H](C1C(=O)CC(CC1CCC1)C(=O)C(N)=O)C2(C)C. The Hall–Kier alpha value is -2.84. The lowest BCUT2D eigenvalue weighted by Crippen LogP contribution is -2.49. The molecule has 5 atom stereocenters. The van der Waals surface area contributed by atoms with E-state index in [1.54, 1.807) is 38.7 Å². The molecule has 3 unspecified atom stereocenters. The Labute approximate surface area is 237 Å². The maximum atomic E-state index is 14.0. The zero-order valence-corrected chi connectivity index (χ0v) is 24.9. The molecule has 3 aliphatic rings. The summed E-state index contributed by atoms with van der Waals surface area (Å²) in [7, 11) is 0. The number of primary amides is 1. The summed E-state index contributed by atoms with van der Waals surface area (Å²) in [6.45, 7) is 11.5. The molecule has 2 N–H and O–H groups in total. The number of allylic oxidation sites excluding steroid dienone is 2. The van der Waals surface area contributed by atoms with E-state index in [0.717, 1.165) is 19.3 Å². The van der Waals surface area contributed by atoms with Gasteiger partial charge in [0.15, 0.2) is 11.6 Å². The maximum Gasteiger partial charge on any atom is 0.307 e. The molecule has 9 heteroatoms. The minimum Gasteiger partial charge on any atom is -0.460 e. The second-order valence-electron chi connectivity index (χ2n) is 13.5. The summed E-state index contributed by atoms with van der Waals surface area (Å²) in [4.78, 5) is 78.7. The smallest absolute Gasteiger partial charge is 0.307 e. The van der Waals surface area contributed by atoms with Crippen molar-refractivity contribution >= 4 is 35.1 Å². The van der Waals surface area contributed by atoms with Crippen LogP contribution in [0.3, 0.4) is 0 Å². The lowest BCUT2D eigenvalue weighted by molar-refractivity contribution is -0.159. The standard InChI is InChI=1S/C31H46N2O7/c1-7-9-21(34)13-12-19(16-24(36)40-30(2,3)4)29(39)33-17-22-25(31(22,5)6)26(33)23(35)15-20(27(37)28(32)38)14-18-10-8-11-18/h7,9,18-20,22,25-26H,8,10-17H2,1-6H3,(H2,32,38)/b9-7+/t19-,20?,22?,25+,26?/m1/s1. The molecule has 0 bridgehead atoms. The van der Waals surface area contributed by atoms with E-state index in [1.165, 1.54) is 6.08 Å². The molecule has 222 valence electrons. The highest BCUT2D eigenvalue weighted by Crippen LogP contribution is 2.65. The van der Waals surface area contributed by atoms with Crippen LogP contribution in [0.15, 0.2) is 12.2 Å². The Morgan fingerprint density at radius 1 is 1.05 bits per heavy atom. The third kappa shape index (κ3) is 7.46. The number of nitrogens with two attached hydrogens (primary N) is 1. The zero-order chi connectivity index (χ0) is 30.0. The highest BCUT2D eigenvalue weighted by Gasteiger charge is 2.69. The van der Waals surface area contributed by atoms with E-state index in [1.807, 2.05) is 0 Å². The number of carbonyl (C=O) groups is 6. The number of rotatable bonds is 14. The molecule has 1 aliphatic heterocycles. The van der Waals surface area contributed by atoms with Crippen LogP contribution >= 0.6 is 0 Å². The fraction of sp³-hybridized carbons (Fsp3) is 0.742. The Balaban J connectivity index is 1.82. The van der Waals surface area contributed by atoms with Gasteiger partial charge in [-0.1, -0.05) is 39.2 Å². The molecule has 2 saturated carbocycles. The molecule has 1 saturated heterocycles. The molecule has 0 aromatic rings. The first-order valence-electron chi connectivity index (χ1n) is 14.6. The fourth-order valence-electron chi connectivity index (χ4n) is 6.58. The summed E-state index contributed by atoms with van der Waals surface area (Å²) in [5.41, 5.74) is 4.45. The predicted molar refractivity (Wildman–Crippen MR) is 149 cm³/mol. The second kappa shape index (κ2) is 12.4. The lowest BCUT2D eigenvalue weighted by Gasteiger charge is -2.34. The van der Waals surface area contributed by atoms with Gasteiger partial charge in [-0.05, 0) is 69.8 Å². The van der Waals surface area contributed by atoms with Crippen LogP contribution < -0.4 is 5.73 Å². The number of nitrogens with zero attached hydrogens (tertiary/aromatic N) is 1. The number of ketones is 3. The first-order valence-corrected chi connectivity index (χ1v) is 14.6. The number of hydrogen-bond acceptors (Lipinski definition) is 7. The van der Waals surface area contributed by atoms with Gasteiger partial charge in [-0.25, -0.2) is 0 Å². The largest absolute Gasteiger partial charge is 0.460 e. The first kappa shape index (κ1) is 31.7. The van der Waals surface area contributed by atoms with Gasteiger partial charge in [0.1, 0.15) is 5.60 Å². The van der Waals surface area contributed by atoms with Crippen molar-refractivity contribution in [1.29, 1.82) is 0 Å². The van der Waals surface area contributed by atoms with E-state index >= 15 is 0 Å². The summed E-state index contributed by atoms with van der Waals surface area (Å²) < 4.78 is 5.47. The van der Waals surface area contributed by atoms with Crippen molar-refractivity contribution < 1.29 is 33.5 Å². The van der Waals surface area contributed by atoms with E-state index in [-0.39, 0.29) is 60.4 Å². The monoisotopic (exact) mass is 558 g/mol. The van der Waals surface area contributed by atoms with Crippen molar-refractivity contribution in [1.82, 2.24) is 4.90 Å². The third-order valence-electron chi connectivity index (χ3n) is 9.00. The van der Waals surface area contributed by atoms with Gasteiger partial charge in [0.2, 0.25) is 11.7 Å². The predicted octanol–water partition coefficient (Wildman–Crippen LogP) is 3.56. The van der Waals surface area contributed by atoms with Crippen molar-refractivity contribution in [2.24, 2.45) is 40.7 Å². The third-order valence-corrected chi connectivity index (χ3v) is 9.00. The van der Waals surface area contributed by atoms with Crippen LogP contribution in [0.25, 0.3) is 0 Å². The molecule has 0 aromatic heterocycles. The number of Topliss-reactive ketones (excluding diaryl/α,β-unsaturated/α-hetero) is 2. The molecule has 9 nitrogen and oxygen atoms in total. The van der Waals surface area contributed by atoms with Gasteiger partial charge in [0.25, 0.3) is 5.91 Å². The van der Waals surface area contributed by atoms with Gasteiger partial charge in [0.05, 0.1) is 12.5 Å². The first-order chi connectivity index (χ1) is 18.6. The van der Waals surface area contributed by atoms with E-state index in [2.05, 4.69) is 13.8 Å². The van der Waals surface area contributed by atoms with Crippen molar-refractivity contribution in [2.45, 2.75) is 105 Å². The Morgan fingerprint density at radius 2 is 1.70 bits per heavy atom. The van der Waals surface area contributed by atoms with Gasteiger partial charge >= 0.3 is 5.97 Å². The Morgan fingerprint density at radius 3 is 2.23 bits per heavy atom. The number of piperidine rings is 1. The molecule has 40 heavy (non-hydrogen) atoms. The summed E-state index contributed by atoms with van der Waals surface area (Å²) >= 11 is 0. The number of hydrogen-bond donors (Lipinski definition) is 1. The molecule has 1 heterocycles. The molecule has 2 amide bonds. The maximum absolute atomic E-state index is 14.0. The van der Waals surface area contributed by atoms with Crippen molar-refractivity contribution in [3.63, 3.8) is 0 Å². The molecule has 0 spiro atoms. The summed E-state index contributed by atoms with van der Waals surface area (Å²) in [5.74, 6) is -4.31. The molecule has 2 aliphatic carbocycles. The molecule has 3 rings (SSSR count). The summed E-state index contributed by atoms with van der Waals surface area (Å²) in [6.07, 6.45) is 6.41. The van der Waals surface area contributed by atoms with Crippen LogP contribution in [0.5, 0.6) is 0 Å². The quantitative estimate of drug-likeness (QED) is 0.195. The summed E-state index contributed by atoms with van der Waals surface area (Å²) in [5, 5.41) is 0. The van der Waals surface area contributed by atoms with E-state index in [9.17, 15) is 28.8 Å². The van der Waals surface area contributed by atoms with Crippen molar-refractivity contribution in [3.05, 3.63) is 12.2 Å². The zero-order valence-electron chi connectivity index (χ0n) is 24.9. The van der Waals surface area contributed by atoms with Crippen LogP contribution in [-0.4, -0.2) is 58.2 Å². The summed E-state index contributed by atoms with van der Waals surface area (Å²) in [6, 6.07) is -0.746. The highest BCUT2D eigenvalue weighted by molar-refractivity contribution is 6.36. The number of amides is 2. The number of ether oxygens (including phenoxy) is 1. The average Bonchev–Trinajstić information content (AvgIpc) is 3.14. The topological polar surface area (TPSA) is 141 Å². The van der Waals surface area contributed by atoms with E-state index in [4.69, 9.17) is 10.5 Å². The van der Waals surface area contributed by atoms with Crippen molar-refractivity contribution in [2.75, 3.05) is 6.54 Å². The van der Waals surface area contributed by atoms with Gasteiger partial charge in [-0.15, -0.1) is 0 Å². The Kier molecular flexibility index (Phi) is 9.78. The van der Waals surface area contributed by atoms with Crippen LogP contribution in [0.1, 0.15) is 92.9 Å². The minimum absolute atomic E-state index is 0.0659. The number of esters is 1. The van der Waals surface area contributed by atoms with Gasteiger partial charge in [-0.3, -0.25) is 28.8 Å². The normalized spacial score (nSPS) is 25.1. The molecule has 0 radical (unpaired) electrons. The molecular formula is C31H46N2O7. The lowest BCUT2D eigenvalue weighted by atomic mass is 9.76. The minimum atomic E-state index is -1.04. The highest BCUT2D eigenvalue weighted by atomic mass is 16.6.